The van der Waals surface area contributed by atoms with Gasteiger partial charge in [0, 0.05) is 13.1 Å². The van der Waals surface area contributed by atoms with Crippen molar-refractivity contribution in [2.75, 3.05) is 18.5 Å². The van der Waals surface area contributed by atoms with Crippen molar-refractivity contribution in [1.29, 1.82) is 0 Å². The van der Waals surface area contributed by atoms with Gasteiger partial charge in [0.15, 0.2) is 5.60 Å². The van der Waals surface area contributed by atoms with Crippen LogP contribution in [0.1, 0.15) is 32.4 Å². The fourth-order valence-electron chi connectivity index (χ4n) is 2.25. The van der Waals surface area contributed by atoms with Gasteiger partial charge in [0.1, 0.15) is 12.3 Å². The minimum absolute atomic E-state index is 0.0441. The fraction of sp³-hybridized carbons (Fsp3) is 0.467. The SMILES string of the molecule is CNC(=O)CN1C(=O)C(C)(C)Oc2ccc(C(C)N)cc21. The van der Waals surface area contributed by atoms with Crippen LogP contribution < -0.4 is 20.7 Å². The molecule has 0 radical (unpaired) electrons. The number of rotatable bonds is 3. The van der Waals surface area contributed by atoms with Crippen LogP contribution in [-0.4, -0.2) is 31.0 Å². The summed E-state index contributed by atoms with van der Waals surface area (Å²) in [6.07, 6.45) is 0. The Morgan fingerprint density at radius 3 is 2.71 bits per heavy atom. The molecule has 1 aliphatic rings. The molecule has 6 nitrogen and oxygen atoms in total. The lowest BCUT2D eigenvalue weighted by atomic mass is 10.0. The molecule has 0 spiro atoms. The van der Waals surface area contributed by atoms with Crippen molar-refractivity contribution in [2.24, 2.45) is 5.73 Å². The molecule has 1 aromatic carbocycles. The van der Waals surface area contributed by atoms with Gasteiger partial charge >= 0.3 is 0 Å². The molecule has 1 unspecified atom stereocenters. The predicted octanol–water partition coefficient (Wildman–Crippen LogP) is 0.956. The maximum atomic E-state index is 12.5. The molecule has 3 N–H and O–H groups in total. The molecule has 21 heavy (non-hydrogen) atoms. The second-order valence-electron chi connectivity index (χ2n) is 5.69. The molecule has 1 aliphatic heterocycles. The zero-order chi connectivity index (χ0) is 15.8. The second kappa shape index (κ2) is 5.37. The van der Waals surface area contributed by atoms with Crippen LogP contribution in [0.2, 0.25) is 0 Å². The molecule has 1 atom stereocenters. The third-order valence-corrected chi connectivity index (χ3v) is 3.51. The first-order chi connectivity index (χ1) is 9.76. The summed E-state index contributed by atoms with van der Waals surface area (Å²) in [7, 11) is 1.54. The van der Waals surface area contributed by atoms with E-state index >= 15 is 0 Å². The molecule has 0 bridgehead atoms. The van der Waals surface area contributed by atoms with Crippen LogP contribution in [0.3, 0.4) is 0 Å². The molecule has 1 heterocycles. The lowest BCUT2D eigenvalue weighted by Gasteiger charge is -2.38. The molecule has 1 aromatic rings. The zero-order valence-corrected chi connectivity index (χ0v) is 12.8. The monoisotopic (exact) mass is 291 g/mol. The van der Waals surface area contributed by atoms with Gasteiger partial charge in [-0.1, -0.05) is 6.07 Å². The Bertz CT molecular complexity index is 582. The summed E-state index contributed by atoms with van der Waals surface area (Å²) >= 11 is 0. The molecule has 0 saturated heterocycles. The number of ether oxygens (including phenoxy) is 1. The number of nitrogens with two attached hydrogens (primary N) is 1. The van der Waals surface area contributed by atoms with E-state index < -0.39 is 5.60 Å². The number of fused-ring (bicyclic) bond motifs is 1. The molecule has 2 amide bonds. The van der Waals surface area contributed by atoms with E-state index in [2.05, 4.69) is 5.32 Å². The second-order valence-corrected chi connectivity index (χ2v) is 5.69. The molecule has 2 rings (SSSR count). The summed E-state index contributed by atoms with van der Waals surface area (Å²) in [4.78, 5) is 25.7. The maximum Gasteiger partial charge on any atom is 0.271 e. The minimum atomic E-state index is -1.00. The number of hydrogen-bond acceptors (Lipinski definition) is 4. The predicted molar refractivity (Wildman–Crippen MR) is 80.2 cm³/mol. The van der Waals surface area contributed by atoms with E-state index in [0.29, 0.717) is 11.4 Å². The zero-order valence-electron chi connectivity index (χ0n) is 12.8. The van der Waals surface area contributed by atoms with E-state index in [1.54, 1.807) is 26.0 Å². The Labute approximate surface area is 124 Å². The van der Waals surface area contributed by atoms with Crippen LogP contribution in [0.5, 0.6) is 5.75 Å². The van der Waals surface area contributed by atoms with E-state index in [1.807, 2.05) is 13.0 Å². The van der Waals surface area contributed by atoms with Crippen LogP contribution >= 0.6 is 0 Å². The van der Waals surface area contributed by atoms with E-state index in [0.717, 1.165) is 5.56 Å². The first-order valence-corrected chi connectivity index (χ1v) is 6.87. The van der Waals surface area contributed by atoms with Gasteiger partial charge in [-0.15, -0.1) is 0 Å². The summed E-state index contributed by atoms with van der Waals surface area (Å²) < 4.78 is 5.75. The number of likely N-dealkylation sites (N-methyl/N-ethyl adjacent to an activating group) is 1. The Morgan fingerprint density at radius 2 is 2.14 bits per heavy atom. The molecule has 0 aliphatic carbocycles. The standard InChI is InChI=1S/C15H21N3O3/c1-9(16)10-5-6-12-11(7-10)18(8-13(19)17-4)14(20)15(2,3)21-12/h5-7,9H,8,16H2,1-4H3,(H,17,19). The van der Waals surface area contributed by atoms with Crippen LogP contribution in [0.25, 0.3) is 0 Å². The lowest BCUT2D eigenvalue weighted by molar-refractivity contribution is -0.134. The Morgan fingerprint density at radius 1 is 1.48 bits per heavy atom. The third-order valence-electron chi connectivity index (χ3n) is 3.51. The van der Waals surface area contributed by atoms with Crippen molar-refractivity contribution in [2.45, 2.75) is 32.4 Å². The molecule has 0 saturated carbocycles. The number of anilines is 1. The maximum absolute atomic E-state index is 12.5. The van der Waals surface area contributed by atoms with Crippen LogP contribution in [-0.2, 0) is 9.59 Å². The lowest BCUT2D eigenvalue weighted by Crippen LogP contribution is -2.54. The highest BCUT2D eigenvalue weighted by Gasteiger charge is 2.41. The van der Waals surface area contributed by atoms with Crippen molar-refractivity contribution < 1.29 is 14.3 Å². The summed E-state index contributed by atoms with van der Waals surface area (Å²) in [5.41, 5.74) is 6.34. The molecule has 6 heteroatoms. The number of carbonyl (C=O) groups excluding carboxylic acids is 2. The average molecular weight is 291 g/mol. The largest absolute Gasteiger partial charge is 0.476 e. The van der Waals surface area contributed by atoms with Crippen molar-refractivity contribution in [3.05, 3.63) is 23.8 Å². The average Bonchev–Trinajstić information content (AvgIpc) is 2.42. The van der Waals surface area contributed by atoms with Crippen molar-refractivity contribution in [3.63, 3.8) is 0 Å². The van der Waals surface area contributed by atoms with Crippen molar-refractivity contribution in [1.82, 2.24) is 5.32 Å². The summed E-state index contributed by atoms with van der Waals surface area (Å²) in [5, 5.41) is 2.53. The topological polar surface area (TPSA) is 84.7 Å². The van der Waals surface area contributed by atoms with Crippen LogP contribution in [0, 0.1) is 0 Å². The fourth-order valence-corrected chi connectivity index (χ4v) is 2.25. The van der Waals surface area contributed by atoms with Gasteiger partial charge in [0.25, 0.3) is 5.91 Å². The first-order valence-electron chi connectivity index (χ1n) is 6.87. The van der Waals surface area contributed by atoms with E-state index in [9.17, 15) is 9.59 Å². The van der Waals surface area contributed by atoms with E-state index in [1.165, 1.54) is 11.9 Å². The first kappa shape index (κ1) is 15.3. The Balaban J connectivity index is 2.50. The van der Waals surface area contributed by atoms with Gasteiger partial charge < -0.3 is 15.8 Å². The number of hydrogen-bond donors (Lipinski definition) is 2. The van der Waals surface area contributed by atoms with Gasteiger partial charge in [-0.25, -0.2) is 0 Å². The van der Waals surface area contributed by atoms with Gasteiger partial charge in [-0.05, 0) is 38.5 Å². The van der Waals surface area contributed by atoms with Crippen molar-refractivity contribution >= 4 is 17.5 Å². The van der Waals surface area contributed by atoms with Crippen molar-refractivity contribution in [3.8, 4) is 5.75 Å². The van der Waals surface area contributed by atoms with Crippen LogP contribution in [0.4, 0.5) is 5.69 Å². The smallest absolute Gasteiger partial charge is 0.271 e. The quantitative estimate of drug-likeness (QED) is 0.868. The molecule has 0 fully saturated rings. The van der Waals surface area contributed by atoms with E-state index in [4.69, 9.17) is 10.5 Å². The number of nitrogens with zero attached hydrogens (tertiary/aromatic N) is 1. The number of benzene rings is 1. The number of carbonyl (C=O) groups is 2. The highest BCUT2D eigenvalue weighted by molar-refractivity contribution is 6.05. The third kappa shape index (κ3) is 2.85. The highest BCUT2D eigenvalue weighted by Crippen LogP contribution is 2.38. The van der Waals surface area contributed by atoms with E-state index in [-0.39, 0.29) is 24.4 Å². The number of amides is 2. The molecular weight excluding hydrogens is 270 g/mol. The normalized spacial score (nSPS) is 17.8. The summed E-state index contributed by atoms with van der Waals surface area (Å²) in [6, 6.07) is 5.30. The number of nitrogens with one attached hydrogen (secondary N) is 1. The highest BCUT2D eigenvalue weighted by atomic mass is 16.5. The Hall–Kier alpha value is -2.08. The Kier molecular flexibility index (Phi) is 3.91. The molecule has 0 aromatic heterocycles. The van der Waals surface area contributed by atoms with Gasteiger partial charge in [-0.3, -0.25) is 14.5 Å². The van der Waals surface area contributed by atoms with Gasteiger partial charge in [0.05, 0.1) is 5.69 Å². The minimum Gasteiger partial charge on any atom is -0.476 e. The summed E-state index contributed by atoms with van der Waals surface area (Å²) in [6.45, 7) is 5.20. The molecule has 114 valence electrons. The van der Waals surface area contributed by atoms with Gasteiger partial charge in [0.2, 0.25) is 5.91 Å². The summed E-state index contributed by atoms with van der Waals surface area (Å²) in [5.74, 6) is 0.0894. The van der Waals surface area contributed by atoms with Crippen LogP contribution in [0.15, 0.2) is 18.2 Å². The van der Waals surface area contributed by atoms with Gasteiger partial charge in [-0.2, -0.15) is 0 Å². The molecular formula is C15H21N3O3.